The molecular weight excluding hydrogens is 292 g/mol. The average molecular weight is 312 g/mol. The number of para-hydroxylation sites is 1. The Balaban J connectivity index is 2.00. The third kappa shape index (κ3) is 2.52. The van der Waals surface area contributed by atoms with Crippen molar-refractivity contribution in [2.45, 2.75) is 26.3 Å². The molecule has 0 spiro atoms. The zero-order valence-electron chi connectivity index (χ0n) is 13.5. The van der Waals surface area contributed by atoms with Gasteiger partial charge < -0.3 is 15.4 Å². The highest BCUT2D eigenvalue weighted by Gasteiger charge is 2.45. The molecule has 2 unspecified atom stereocenters. The van der Waals surface area contributed by atoms with E-state index in [2.05, 4.69) is 10.6 Å². The van der Waals surface area contributed by atoms with E-state index in [1.165, 1.54) is 0 Å². The summed E-state index contributed by atoms with van der Waals surface area (Å²) in [6.07, 6.45) is 3.81. The number of esters is 1. The number of carbonyl (C=O) groups excluding carboxylic acids is 2. The number of ether oxygens (including phenoxy) is 1. The lowest BCUT2D eigenvalue weighted by Gasteiger charge is -2.28. The number of rotatable bonds is 3. The molecule has 1 aromatic rings. The molecule has 2 atom stereocenters. The topological polar surface area (TPSA) is 67.4 Å². The number of hydrogen-bond donors (Lipinski definition) is 2. The standard InChI is InChI=1S/C18H20N2O3/c1-4-23-17(22)18(3)12(9-11(2)20-18)10-14-13-7-5-6-8-15(13)19-16(14)21/h5-10,12,20H,4H2,1-3H3,(H,19,21)/b14-10+. The Morgan fingerprint density at radius 2 is 2.13 bits per heavy atom. The smallest absolute Gasteiger partial charge is 0.332 e. The third-order valence-corrected chi connectivity index (χ3v) is 4.31. The fraction of sp³-hybridized carbons (Fsp3) is 0.333. The van der Waals surface area contributed by atoms with E-state index in [0.717, 1.165) is 16.9 Å². The van der Waals surface area contributed by atoms with Gasteiger partial charge in [0.1, 0.15) is 5.54 Å². The first-order valence-electron chi connectivity index (χ1n) is 7.72. The summed E-state index contributed by atoms with van der Waals surface area (Å²) < 4.78 is 5.20. The van der Waals surface area contributed by atoms with E-state index in [1.807, 2.05) is 43.3 Å². The summed E-state index contributed by atoms with van der Waals surface area (Å²) in [5.41, 5.74) is 2.25. The van der Waals surface area contributed by atoms with E-state index < -0.39 is 5.54 Å². The van der Waals surface area contributed by atoms with Crippen molar-refractivity contribution in [3.05, 3.63) is 47.7 Å². The molecule has 0 radical (unpaired) electrons. The molecule has 0 saturated carbocycles. The first-order valence-corrected chi connectivity index (χ1v) is 7.72. The molecule has 0 bridgehead atoms. The molecule has 2 N–H and O–H groups in total. The van der Waals surface area contributed by atoms with Crippen LogP contribution < -0.4 is 10.6 Å². The summed E-state index contributed by atoms with van der Waals surface area (Å²) in [6.45, 7) is 5.81. The molecule has 0 aliphatic carbocycles. The van der Waals surface area contributed by atoms with Crippen LogP contribution in [0.5, 0.6) is 0 Å². The molecule has 3 rings (SSSR count). The van der Waals surface area contributed by atoms with Crippen molar-refractivity contribution in [1.82, 2.24) is 5.32 Å². The Morgan fingerprint density at radius 1 is 1.39 bits per heavy atom. The first kappa shape index (κ1) is 15.3. The fourth-order valence-corrected chi connectivity index (χ4v) is 3.14. The number of anilines is 1. The van der Waals surface area contributed by atoms with Crippen LogP contribution in [0, 0.1) is 5.92 Å². The van der Waals surface area contributed by atoms with Crippen LogP contribution in [0.1, 0.15) is 26.3 Å². The van der Waals surface area contributed by atoms with Gasteiger partial charge in [-0.2, -0.15) is 0 Å². The van der Waals surface area contributed by atoms with E-state index >= 15 is 0 Å². The van der Waals surface area contributed by atoms with Crippen molar-refractivity contribution in [1.29, 1.82) is 0 Å². The van der Waals surface area contributed by atoms with Crippen LogP contribution in [0.3, 0.4) is 0 Å². The van der Waals surface area contributed by atoms with Crippen molar-refractivity contribution in [2.24, 2.45) is 5.92 Å². The summed E-state index contributed by atoms with van der Waals surface area (Å²) >= 11 is 0. The molecule has 5 heteroatoms. The minimum Gasteiger partial charge on any atom is -0.464 e. The zero-order chi connectivity index (χ0) is 16.6. The maximum absolute atomic E-state index is 12.4. The zero-order valence-corrected chi connectivity index (χ0v) is 13.5. The summed E-state index contributed by atoms with van der Waals surface area (Å²) in [6, 6.07) is 7.55. The Bertz CT molecular complexity index is 736. The first-order chi connectivity index (χ1) is 11.0. The molecule has 2 aliphatic rings. The van der Waals surface area contributed by atoms with Crippen molar-refractivity contribution in [3.63, 3.8) is 0 Å². The maximum Gasteiger partial charge on any atom is 0.332 e. The molecule has 2 aliphatic heterocycles. The van der Waals surface area contributed by atoms with Gasteiger partial charge in [-0.15, -0.1) is 0 Å². The lowest BCUT2D eigenvalue weighted by molar-refractivity contribution is -0.150. The van der Waals surface area contributed by atoms with Gasteiger partial charge in [0.25, 0.3) is 5.91 Å². The second-order valence-electron chi connectivity index (χ2n) is 6.00. The summed E-state index contributed by atoms with van der Waals surface area (Å²) in [5.74, 6) is -0.717. The lowest BCUT2D eigenvalue weighted by Crippen LogP contribution is -2.50. The number of benzene rings is 1. The molecule has 1 aromatic carbocycles. The van der Waals surface area contributed by atoms with Crippen LogP contribution in [-0.2, 0) is 14.3 Å². The molecule has 0 aromatic heterocycles. The van der Waals surface area contributed by atoms with E-state index in [1.54, 1.807) is 13.8 Å². The van der Waals surface area contributed by atoms with Crippen LogP contribution in [0.2, 0.25) is 0 Å². The van der Waals surface area contributed by atoms with Crippen LogP contribution in [-0.4, -0.2) is 24.0 Å². The predicted molar refractivity (Wildman–Crippen MR) is 88.5 cm³/mol. The van der Waals surface area contributed by atoms with E-state index in [-0.39, 0.29) is 17.8 Å². The predicted octanol–water partition coefficient (Wildman–Crippen LogP) is 2.47. The third-order valence-electron chi connectivity index (χ3n) is 4.31. The molecule has 0 fully saturated rings. The minimum atomic E-state index is -0.898. The molecule has 120 valence electrons. The summed E-state index contributed by atoms with van der Waals surface area (Å²) in [7, 11) is 0. The molecule has 0 saturated heterocycles. The van der Waals surface area contributed by atoms with Gasteiger partial charge in [0, 0.05) is 28.4 Å². The summed E-state index contributed by atoms with van der Waals surface area (Å²) in [4.78, 5) is 24.6. The quantitative estimate of drug-likeness (QED) is 0.664. The molecule has 23 heavy (non-hydrogen) atoms. The Hall–Kier alpha value is -2.56. The van der Waals surface area contributed by atoms with E-state index in [9.17, 15) is 9.59 Å². The average Bonchev–Trinajstić information content (AvgIpc) is 2.98. The van der Waals surface area contributed by atoms with Gasteiger partial charge in [0.2, 0.25) is 0 Å². The van der Waals surface area contributed by atoms with Crippen molar-refractivity contribution < 1.29 is 14.3 Å². The van der Waals surface area contributed by atoms with Crippen LogP contribution >= 0.6 is 0 Å². The van der Waals surface area contributed by atoms with Gasteiger partial charge in [-0.1, -0.05) is 30.4 Å². The van der Waals surface area contributed by atoms with Crippen LogP contribution in [0.15, 0.2) is 42.1 Å². The molecule has 1 amide bonds. The van der Waals surface area contributed by atoms with Crippen LogP contribution in [0.25, 0.3) is 5.57 Å². The highest BCUT2D eigenvalue weighted by molar-refractivity contribution is 6.31. The largest absolute Gasteiger partial charge is 0.464 e. The number of amides is 1. The second kappa shape index (κ2) is 5.57. The SMILES string of the molecule is CCOC(=O)C1(C)NC(C)=CC1/C=C1/C(=O)Nc2ccccc21. The van der Waals surface area contributed by atoms with Crippen molar-refractivity contribution in [2.75, 3.05) is 11.9 Å². The number of allylic oxidation sites excluding steroid dienone is 1. The molecular formula is C18H20N2O3. The molecule has 5 nitrogen and oxygen atoms in total. The number of nitrogens with one attached hydrogen (secondary N) is 2. The van der Waals surface area contributed by atoms with Gasteiger partial charge in [0.15, 0.2) is 0 Å². The van der Waals surface area contributed by atoms with Gasteiger partial charge in [0.05, 0.1) is 6.61 Å². The second-order valence-corrected chi connectivity index (χ2v) is 6.00. The van der Waals surface area contributed by atoms with Gasteiger partial charge in [-0.25, -0.2) is 4.79 Å². The minimum absolute atomic E-state index is 0.143. The summed E-state index contributed by atoms with van der Waals surface area (Å²) in [5, 5.41) is 6.04. The lowest BCUT2D eigenvalue weighted by atomic mass is 9.85. The van der Waals surface area contributed by atoms with Gasteiger partial charge in [-0.05, 0) is 26.8 Å². The Kier molecular flexibility index (Phi) is 3.72. The van der Waals surface area contributed by atoms with Gasteiger partial charge >= 0.3 is 5.97 Å². The number of fused-ring (bicyclic) bond motifs is 1. The van der Waals surface area contributed by atoms with Crippen molar-refractivity contribution in [3.8, 4) is 0 Å². The monoisotopic (exact) mass is 312 g/mol. The maximum atomic E-state index is 12.4. The normalized spacial score (nSPS) is 27.3. The molecule has 2 heterocycles. The van der Waals surface area contributed by atoms with Crippen molar-refractivity contribution >= 4 is 23.1 Å². The highest BCUT2D eigenvalue weighted by Crippen LogP contribution is 2.36. The number of hydrogen-bond acceptors (Lipinski definition) is 4. The number of carbonyl (C=O) groups is 2. The fourth-order valence-electron chi connectivity index (χ4n) is 3.14. The van der Waals surface area contributed by atoms with E-state index in [0.29, 0.717) is 12.2 Å². The Labute approximate surface area is 135 Å². The van der Waals surface area contributed by atoms with E-state index in [4.69, 9.17) is 4.74 Å². The highest BCUT2D eigenvalue weighted by atomic mass is 16.5. The Morgan fingerprint density at radius 3 is 2.87 bits per heavy atom. The van der Waals surface area contributed by atoms with Crippen LogP contribution in [0.4, 0.5) is 5.69 Å². The van der Waals surface area contributed by atoms with Gasteiger partial charge in [-0.3, -0.25) is 4.79 Å².